The van der Waals surface area contributed by atoms with Crippen LogP contribution in [0, 0.1) is 5.41 Å². The van der Waals surface area contributed by atoms with Crippen molar-refractivity contribution in [2.24, 2.45) is 5.41 Å². The van der Waals surface area contributed by atoms with Gasteiger partial charge in [-0.1, -0.05) is 13.2 Å². The van der Waals surface area contributed by atoms with Crippen LogP contribution in [0.15, 0.2) is 25.3 Å². The third-order valence-corrected chi connectivity index (χ3v) is 4.94. The first-order chi connectivity index (χ1) is 17.5. The zero-order chi connectivity index (χ0) is 26.7. The molecule has 0 bridgehead atoms. The minimum atomic E-state index is -0.535. The number of nitrogens with one attached hydrogen (secondary N) is 4. The summed E-state index contributed by atoms with van der Waals surface area (Å²) in [5.74, 6) is -0.427. The van der Waals surface area contributed by atoms with E-state index in [1.807, 2.05) is 7.05 Å². The number of hydrogen-bond donors (Lipinski definition) is 4. The summed E-state index contributed by atoms with van der Waals surface area (Å²) in [4.78, 5) is 33.0. The van der Waals surface area contributed by atoms with Crippen molar-refractivity contribution < 1.29 is 33.3 Å². The first kappa shape index (κ1) is 33.7. The molecule has 0 aliphatic carbocycles. The molecule has 0 fully saturated rings. The Balaban J connectivity index is 4.88. The van der Waals surface area contributed by atoms with Crippen molar-refractivity contribution in [2.75, 3.05) is 86.1 Å². The van der Waals surface area contributed by atoms with E-state index in [2.05, 4.69) is 34.4 Å². The van der Waals surface area contributed by atoms with Gasteiger partial charge in [-0.25, -0.2) is 0 Å². The lowest BCUT2D eigenvalue weighted by Gasteiger charge is -2.33. The SMILES string of the molecule is C=CC(=O)NCCCOCC(COCCCNC)(COCCCNC=O)COCCCNC(=O)C=C. The summed E-state index contributed by atoms with van der Waals surface area (Å²) < 4.78 is 23.8. The third kappa shape index (κ3) is 19.9. The molecule has 0 aromatic heterocycles. The highest BCUT2D eigenvalue weighted by Gasteiger charge is 2.32. The molecular weight excluding hydrogens is 468 g/mol. The van der Waals surface area contributed by atoms with Gasteiger partial charge in [0.25, 0.3) is 0 Å². The minimum absolute atomic E-state index is 0.213. The molecule has 0 spiro atoms. The van der Waals surface area contributed by atoms with E-state index in [1.54, 1.807) is 0 Å². The maximum absolute atomic E-state index is 11.3. The Morgan fingerprint density at radius 1 is 0.694 bits per heavy atom. The van der Waals surface area contributed by atoms with Crippen LogP contribution in [-0.4, -0.2) is 104 Å². The van der Waals surface area contributed by atoms with E-state index in [1.165, 1.54) is 12.2 Å². The quantitative estimate of drug-likeness (QED) is 0.0692. The van der Waals surface area contributed by atoms with E-state index in [4.69, 9.17) is 18.9 Å². The molecule has 3 amide bonds. The van der Waals surface area contributed by atoms with Gasteiger partial charge in [0.05, 0.1) is 31.8 Å². The predicted octanol–water partition coefficient (Wildman–Crippen LogP) is 0.169. The van der Waals surface area contributed by atoms with Crippen LogP contribution in [0.2, 0.25) is 0 Å². The number of ether oxygens (including phenoxy) is 4. The number of carbonyl (C=O) groups excluding carboxylic acids is 3. The summed E-state index contributed by atoms with van der Waals surface area (Å²) in [5, 5.41) is 11.2. The molecule has 0 aromatic carbocycles. The molecule has 208 valence electrons. The van der Waals surface area contributed by atoms with E-state index in [-0.39, 0.29) is 11.8 Å². The molecule has 0 saturated carbocycles. The molecule has 4 N–H and O–H groups in total. The van der Waals surface area contributed by atoms with Crippen LogP contribution in [0.3, 0.4) is 0 Å². The molecule has 11 nitrogen and oxygen atoms in total. The van der Waals surface area contributed by atoms with Crippen molar-refractivity contribution in [3.8, 4) is 0 Å². The average molecular weight is 515 g/mol. The second-order valence-electron chi connectivity index (χ2n) is 8.29. The largest absolute Gasteiger partial charge is 0.381 e. The highest BCUT2D eigenvalue weighted by Crippen LogP contribution is 2.21. The van der Waals surface area contributed by atoms with Crippen LogP contribution in [0.4, 0.5) is 0 Å². The number of amides is 3. The second kappa shape index (κ2) is 24.4. The first-order valence-electron chi connectivity index (χ1n) is 12.5. The van der Waals surface area contributed by atoms with E-state index in [0.29, 0.717) is 98.2 Å². The summed E-state index contributed by atoms with van der Waals surface area (Å²) in [6.07, 6.45) is 6.00. The molecule has 11 heteroatoms. The predicted molar refractivity (Wildman–Crippen MR) is 139 cm³/mol. The molecule has 0 radical (unpaired) electrons. The van der Waals surface area contributed by atoms with Crippen LogP contribution < -0.4 is 21.3 Å². The summed E-state index contributed by atoms with van der Waals surface area (Å²) in [6, 6.07) is 0. The second-order valence-corrected chi connectivity index (χ2v) is 8.29. The van der Waals surface area contributed by atoms with Gasteiger partial charge in [-0.05, 0) is 51.4 Å². The van der Waals surface area contributed by atoms with Gasteiger partial charge in [0.2, 0.25) is 18.2 Å². The Morgan fingerprint density at radius 3 is 1.44 bits per heavy atom. The van der Waals surface area contributed by atoms with Gasteiger partial charge in [-0.2, -0.15) is 0 Å². The van der Waals surface area contributed by atoms with Gasteiger partial charge in [0, 0.05) is 46.1 Å². The molecule has 36 heavy (non-hydrogen) atoms. The van der Waals surface area contributed by atoms with Gasteiger partial charge >= 0.3 is 0 Å². The van der Waals surface area contributed by atoms with Crippen molar-refractivity contribution in [3.63, 3.8) is 0 Å². The number of rotatable bonds is 27. The van der Waals surface area contributed by atoms with Crippen LogP contribution in [0.1, 0.15) is 25.7 Å². The molecule has 0 aliphatic heterocycles. The van der Waals surface area contributed by atoms with Gasteiger partial charge in [0.1, 0.15) is 0 Å². The Morgan fingerprint density at radius 2 is 1.08 bits per heavy atom. The molecule has 0 saturated heterocycles. The fourth-order valence-electron chi connectivity index (χ4n) is 3.01. The van der Waals surface area contributed by atoms with Crippen LogP contribution in [-0.2, 0) is 33.3 Å². The fourth-order valence-corrected chi connectivity index (χ4v) is 3.01. The summed E-state index contributed by atoms with van der Waals surface area (Å²) in [7, 11) is 1.90. The van der Waals surface area contributed by atoms with E-state index in [0.717, 1.165) is 13.0 Å². The van der Waals surface area contributed by atoms with Crippen LogP contribution >= 0.6 is 0 Å². The summed E-state index contributed by atoms with van der Waals surface area (Å²) in [5.41, 5.74) is -0.535. The molecule has 0 unspecified atom stereocenters. The van der Waals surface area contributed by atoms with Crippen molar-refractivity contribution in [2.45, 2.75) is 25.7 Å². The summed E-state index contributed by atoms with van der Waals surface area (Å²) in [6.45, 7) is 12.7. The molecule has 0 rings (SSSR count). The highest BCUT2D eigenvalue weighted by molar-refractivity contribution is 5.87. The topological polar surface area (TPSA) is 136 Å². The van der Waals surface area contributed by atoms with E-state index in [9.17, 15) is 14.4 Å². The van der Waals surface area contributed by atoms with E-state index >= 15 is 0 Å². The molecule has 0 atom stereocenters. The lowest BCUT2D eigenvalue weighted by Crippen LogP contribution is -2.42. The first-order valence-corrected chi connectivity index (χ1v) is 12.5. The normalized spacial score (nSPS) is 11.0. The lowest BCUT2D eigenvalue weighted by atomic mass is 9.92. The number of carbonyl (C=O) groups is 3. The fraction of sp³-hybridized carbons (Fsp3) is 0.720. The average Bonchev–Trinajstić information content (AvgIpc) is 2.89. The van der Waals surface area contributed by atoms with Crippen molar-refractivity contribution in [3.05, 3.63) is 25.3 Å². The van der Waals surface area contributed by atoms with Gasteiger partial charge < -0.3 is 40.2 Å². The monoisotopic (exact) mass is 514 g/mol. The Labute approximate surface area is 215 Å². The smallest absolute Gasteiger partial charge is 0.243 e. The number of hydrogen-bond acceptors (Lipinski definition) is 8. The Kier molecular flexibility index (Phi) is 22.8. The van der Waals surface area contributed by atoms with Gasteiger partial charge in [0.15, 0.2) is 0 Å². The molecule has 0 aliphatic rings. The molecule has 0 heterocycles. The minimum Gasteiger partial charge on any atom is -0.381 e. The Hall–Kier alpha value is -2.31. The standard InChI is InChI=1S/C25H46N4O7/c1-4-23(31)28-12-8-16-35-20-25(18-33-14-6-10-26-3,19-34-15-7-11-27-22-30)21-36-17-9-13-29-24(32)5-2/h4-5,22,26H,1-2,6-21H2,3H3,(H,27,30)(H,28,31)(H,29,32). The van der Waals surface area contributed by atoms with Crippen molar-refractivity contribution in [1.29, 1.82) is 0 Å². The van der Waals surface area contributed by atoms with Crippen LogP contribution in [0.25, 0.3) is 0 Å². The van der Waals surface area contributed by atoms with Crippen molar-refractivity contribution >= 4 is 18.2 Å². The van der Waals surface area contributed by atoms with Gasteiger partial charge in [-0.3, -0.25) is 14.4 Å². The maximum atomic E-state index is 11.3. The maximum Gasteiger partial charge on any atom is 0.243 e. The summed E-state index contributed by atoms with van der Waals surface area (Å²) >= 11 is 0. The molecular formula is C25H46N4O7. The zero-order valence-electron chi connectivity index (χ0n) is 21.8. The third-order valence-electron chi connectivity index (χ3n) is 4.94. The highest BCUT2D eigenvalue weighted by atomic mass is 16.5. The van der Waals surface area contributed by atoms with Crippen molar-refractivity contribution in [1.82, 2.24) is 21.3 Å². The lowest BCUT2D eigenvalue weighted by molar-refractivity contribution is -0.117. The zero-order valence-corrected chi connectivity index (χ0v) is 21.8. The van der Waals surface area contributed by atoms with Gasteiger partial charge in [-0.15, -0.1) is 0 Å². The van der Waals surface area contributed by atoms with Crippen LogP contribution in [0.5, 0.6) is 0 Å². The molecule has 0 aromatic rings. The Bertz CT molecular complexity index is 573. The van der Waals surface area contributed by atoms with E-state index < -0.39 is 5.41 Å².